The molecule has 16 nitrogen and oxygen atoms in total. The van der Waals surface area contributed by atoms with Gasteiger partial charge in [-0.05, 0) is 0 Å². The van der Waals surface area contributed by atoms with Crippen molar-refractivity contribution >= 4 is 29.8 Å². The molecule has 2 saturated heterocycles. The van der Waals surface area contributed by atoms with Gasteiger partial charge < -0.3 is 53.2 Å². The molecule has 2 aliphatic rings. The molecule has 0 unspecified atom stereocenters. The van der Waals surface area contributed by atoms with Crippen LogP contribution < -0.4 is 0 Å². The Morgan fingerprint density at radius 2 is 1.26 bits per heavy atom. The largest absolute Gasteiger partial charge is 0.463 e. The molecule has 2 rings (SSSR count). The van der Waals surface area contributed by atoms with Gasteiger partial charge in [-0.1, -0.05) is 0 Å². The number of esters is 5. The number of rotatable bonds is 10. The maximum atomic E-state index is 11.9. The smallest absolute Gasteiger partial charge is 0.303 e. The first-order chi connectivity index (χ1) is 17.7. The maximum absolute atomic E-state index is 11.9. The molecule has 0 bridgehead atoms. The van der Waals surface area contributed by atoms with Gasteiger partial charge in [0.05, 0.1) is 6.61 Å². The third-order valence-corrected chi connectivity index (χ3v) is 5.43. The highest BCUT2D eigenvalue weighted by atomic mass is 16.8. The number of carbonyl (C=O) groups is 5. The molecule has 2 fully saturated rings. The lowest BCUT2D eigenvalue weighted by molar-refractivity contribution is -0.384. The maximum Gasteiger partial charge on any atom is 0.303 e. The Hall–Kier alpha value is -2.89. The predicted octanol–water partition coefficient (Wildman–Crippen LogP) is -2.54. The van der Waals surface area contributed by atoms with Crippen LogP contribution in [-0.2, 0) is 61.9 Å². The summed E-state index contributed by atoms with van der Waals surface area (Å²) in [5.74, 6) is -6.67. The van der Waals surface area contributed by atoms with E-state index in [-0.39, 0.29) is 0 Å². The first-order valence-electron chi connectivity index (χ1n) is 11.5. The molecule has 16 heteroatoms. The van der Waals surface area contributed by atoms with E-state index >= 15 is 0 Å². The van der Waals surface area contributed by atoms with Crippen LogP contribution in [0.1, 0.15) is 34.6 Å². The van der Waals surface area contributed by atoms with Gasteiger partial charge >= 0.3 is 29.8 Å². The van der Waals surface area contributed by atoms with Crippen molar-refractivity contribution in [2.24, 2.45) is 0 Å². The SMILES string of the molecule is CC(=O)OC[C@@H]1O[C@H](O[C@]2(CO)O[C@H](CO)[C@H](OC(C)=O)[C@@H]2OC(C)=O)[C@@H](OC(C)=O)[C@H](OC(C)=O)[C@H]1O. The summed E-state index contributed by atoms with van der Waals surface area (Å²) in [6.07, 6.45) is -12.8. The fraction of sp³-hybridized carbons (Fsp3) is 0.773. The van der Waals surface area contributed by atoms with Crippen molar-refractivity contribution in [3.8, 4) is 0 Å². The van der Waals surface area contributed by atoms with Gasteiger partial charge in [-0.3, -0.25) is 24.0 Å². The summed E-state index contributed by atoms with van der Waals surface area (Å²) in [5.41, 5.74) is 0. The normalized spacial score (nSPS) is 34.6. The molecule has 2 heterocycles. The van der Waals surface area contributed by atoms with E-state index in [0.717, 1.165) is 34.6 Å². The van der Waals surface area contributed by atoms with Gasteiger partial charge in [0.2, 0.25) is 12.1 Å². The molecule has 2 aliphatic heterocycles. The van der Waals surface area contributed by atoms with Crippen LogP contribution in [0, 0.1) is 0 Å². The number of hydrogen-bond acceptors (Lipinski definition) is 16. The van der Waals surface area contributed by atoms with E-state index in [1.807, 2.05) is 0 Å². The van der Waals surface area contributed by atoms with Crippen LogP contribution >= 0.6 is 0 Å². The minimum Gasteiger partial charge on any atom is -0.463 e. The highest BCUT2D eigenvalue weighted by Crippen LogP contribution is 2.40. The van der Waals surface area contributed by atoms with Crippen LogP contribution in [0.4, 0.5) is 0 Å². The topological polar surface area (TPSA) is 220 Å². The van der Waals surface area contributed by atoms with Crippen LogP contribution in [0.2, 0.25) is 0 Å². The molecule has 38 heavy (non-hydrogen) atoms. The second kappa shape index (κ2) is 13.3. The van der Waals surface area contributed by atoms with Gasteiger partial charge in [-0.15, -0.1) is 0 Å². The third kappa shape index (κ3) is 7.58. The zero-order valence-electron chi connectivity index (χ0n) is 21.4. The van der Waals surface area contributed by atoms with Crippen LogP contribution in [0.25, 0.3) is 0 Å². The second-order valence-corrected chi connectivity index (χ2v) is 8.51. The minimum atomic E-state index is -2.39. The Kier molecular flexibility index (Phi) is 10.9. The van der Waals surface area contributed by atoms with Crippen LogP contribution in [-0.4, -0.2) is 120 Å². The van der Waals surface area contributed by atoms with Gasteiger partial charge in [0, 0.05) is 34.6 Å². The molecular formula is C22H32O16. The number of ether oxygens (including phenoxy) is 8. The molecule has 0 aromatic carbocycles. The van der Waals surface area contributed by atoms with Gasteiger partial charge in [0.25, 0.3) is 0 Å². The first kappa shape index (κ1) is 31.3. The van der Waals surface area contributed by atoms with Crippen molar-refractivity contribution in [3.63, 3.8) is 0 Å². The highest BCUT2D eigenvalue weighted by molar-refractivity contribution is 5.68. The molecule has 3 N–H and O–H groups in total. The fourth-order valence-electron chi connectivity index (χ4n) is 4.06. The van der Waals surface area contributed by atoms with E-state index in [1.165, 1.54) is 0 Å². The zero-order chi connectivity index (χ0) is 28.8. The number of carbonyl (C=O) groups excluding carboxylic acids is 5. The summed E-state index contributed by atoms with van der Waals surface area (Å²) in [6.45, 7) is 2.76. The Labute approximate surface area is 216 Å². The molecular weight excluding hydrogens is 520 g/mol. The van der Waals surface area contributed by atoms with E-state index in [1.54, 1.807) is 0 Å². The minimum absolute atomic E-state index is 0.559. The van der Waals surface area contributed by atoms with Crippen LogP contribution in [0.3, 0.4) is 0 Å². The van der Waals surface area contributed by atoms with E-state index < -0.39 is 104 Å². The monoisotopic (exact) mass is 552 g/mol. The van der Waals surface area contributed by atoms with Crippen molar-refractivity contribution in [2.45, 2.75) is 89.4 Å². The quantitative estimate of drug-likeness (QED) is 0.188. The van der Waals surface area contributed by atoms with Crippen LogP contribution in [0.15, 0.2) is 0 Å². The summed E-state index contributed by atoms with van der Waals surface area (Å²) in [7, 11) is 0. The zero-order valence-corrected chi connectivity index (χ0v) is 21.4. The van der Waals surface area contributed by atoms with E-state index in [0.29, 0.717) is 0 Å². The first-order valence-corrected chi connectivity index (χ1v) is 11.5. The highest BCUT2D eigenvalue weighted by Gasteiger charge is 2.63. The molecule has 0 aliphatic carbocycles. The molecule has 216 valence electrons. The average molecular weight is 552 g/mol. The number of aliphatic hydroxyl groups is 3. The summed E-state index contributed by atoms with van der Waals surface area (Å²) in [5, 5.41) is 30.9. The lowest BCUT2D eigenvalue weighted by Gasteiger charge is -2.45. The van der Waals surface area contributed by atoms with Gasteiger partial charge in [-0.2, -0.15) is 0 Å². The van der Waals surface area contributed by atoms with Crippen molar-refractivity contribution in [2.75, 3.05) is 19.8 Å². The Morgan fingerprint density at radius 3 is 1.74 bits per heavy atom. The van der Waals surface area contributed by atoms with Crippen molar-refractivity contribution < 1.29 is 77.2 Å². The molecule has 0 aromatic rings. The second-order valence-electron chi connectivity index (χ2n) is 8.51. The third-order valence-electron chi connectivity index (χ3n) is 5.43. The molecule has 0 aromatic heterocycles. The average Bonchev–Trinajstić information content (AvgIpc) is 3.08. The van der Waals surface area contributed by atoms with Crippen molar-refractivity contribution in [3.05, 3.63) is 0 Å². The van der Waals surface area contributed by atoms with Gasteiger partial charge in [0.15, 0.2) is 24.4 Å². The van der Waals surface area contributed by atoms with E-state index in [2.05, 4.69) is 0 Å². The van der Waals surface area contributed by atoms with Crippen molar-refractivity contribution in [1.82, 2.24) is 0 Å². The van der Waals surface area contributed by atoms with E-state index in [9.17, 15) is 39.3 Å². The molecule has 0 saturated carbocycles. The number of hydrogen-bond donors (Lipinski definition) is 3. The summed E-state index contributed by atoms with van der Waals surface area (Å²) in [6, 6.07) is 0. The predicted molar refractivity (Wildman–Crippen MR) is 116 cm³/mol. The summed E-state index contributed by atoms with van der Waals surface area (Å²) < 4.78 is 42.9. The van der Waals surface area contributed by atoms with Gasteiger partial charge in [0.1, 0.15) is 31.5 Å². The van der Waals surface area contributed by atoms with Crippen LogP contribution in [0.5, 0.6) is 0 Å². The lowest BCUT2D eigenvalue weighted by atomic mass is 9.98. The Bertz CT molecular complexity index is 891. The fourth-order valence-corrected chi connectivity index (χ4v) is 4.06. The standard InChI is InChI=1S/C22H32O16/c1-9(25)31-7-15-16(30)18(33-11(3)27)19(34-12(4)28)21(36-15)38-22(8-24)20(35-13(5)29)17(32-10(2)26)14(6-23)37-22/h14-21,23-24,30H,6-8H2,1-5H3/t14-,15+,16+,17+,18-,19+,20+,21-,22+/m1/s1. The van der Waals surface area contributed by atoms with Crippen molar-refractivity contribution in [1.29, 1.82) is 0 Å². The Balaban J connectivity index is 2.55. The number of aliphatic hydroxyl groups excluding tert-OH is 3. The summed E-state index contributed by atoms with van der Waals surface area (Å²) >= 11 is 0. The molecule has 9 atom stereocenters. The van der Waals surface area contributed by atoms with Gasteiger partial charge in [-0.25, -0.2) is 0 Å². The summed E-state index contributed by atoms with van der Waals surface area (Å²) in [4.78, 5) is 58.6. The molecule has 0 spiro atoms. The molecule has 0 amide bonds. The Morgan fingerprint density at radius 1 is 0.737 bits per heavy atom. The van der Waals surface area contributed by atoms with E-state index in [4.69, 9.17) is 37.9 Å². The lowest BCUT2D eigenvalue weighted by Crippen LogP contribution is -2.65. The molecule has 0 radical (unpaired) electrons.